The molecule has 1 atom stereocenters. The highest BCUT2D eigenvalue weighted by Gasteiger charge is 2.24. The Kier molecular flexibility index (Phi) is 4.52. The molecule has 4 heteroatoms. The minimum absolute atomic E-state index is 0.113. The first-order valence-electron chi connectivity index (χ1n) is 5.68. The van der Waals surface area contributed by atoms with Crippen molar-refractivity contribution in [2.45, 2.75) is 33.7 Å². The van der Waals surface area contributed by atoms with E-state index in [4.69, 9.17) is 4.74 Å². The van der Waals surface area contributed by atoms with Crippen LogP contribution in [0.15, 0.2) is 12.4 Å². The molecule has 0 aliphatic carbocycles. The maximum Gasteiger partial charge on any atom is 0.309 e. The molecule has 0 fully saturated rings. The Morgan fingerprint density at radius 1 is 1.56 bits per heavy atom. The summed E-state index contributed by atoms with van der Waals surface area (Å²) < 4.78 is 6.87. The van der Waals surface area contributed by atoms with E-state index in [0.717, 1.165) is 12.4 Å². The van der Waals surface area contributed by atoms with E-state index in [0.29, 0.717) is 6.42 Å². The zero-order chi connectivity index (χ0) is 12.1. The summed E-state index contributed by atoms with van der Waals surface area (Å²) in [5, 5.41) is 0. The van der Waals surface area contributed by atoms with Gasteiger partial charge in [0, 0.05) is 25.4 Å². The van der Waals surface area contributed by atoms with Gasteiger partial charge in [-0.3, -0.25) is 4.79 Å². The fraction of sp³-hybridized carbons (Fsp3) is 0.667. The van der Waals surface area contributed by atoms with Crippen LogP contribution in [0.1, 0.15) is 26.6 Å². The third kappa shape index (κ3) is 2.84. The quantitative estimate of drug-likeness (QED) is 0.717. The molecule has 0 bridgehead atoms. The highest BCUT2D eigenvalue weighted by molar-refractivity contribution is 5.72. The fourth-order valence-electron chi connectivity index (χ4n) is 1.76. The van der Waals surface area contributed by atoms with Crippen molar-refractivity contribution in [3.63, 3.8) is 0 Å². The van der Waals surface area contributed by atoms with E-state index in [2.05, 4.69) is 16.5 Å². The Morgan fingerprint density at radius 3 is 2.75 bits per heavy atom. The summed E-state index contributed by atoms with van der Waals surface area (Å²) in [7, 11) is 1.43. The van der Waals surface area contributed by atoms with Gasteiger partial charge in [-0.25, -0.2) is 4.98 Å². The van der Waals surface area contributed by atoms with Gasteiger partial charge in [-0.2, -0.15) is 0 Å². The lowest BCUT2D eigenvalue weighted by Gasteiger charge is -2.18. The van der Waals surface area contributed by atoms with Crippen molar-refractivity contribution in [3.05, 3.63) is 18.2 Å². The zero-order valence-corrected chi connectivity index (χ0v) is 10.4. The first-order chi connectivity index (χ1) is 7.60. The van der Waals surface area contributed by atoms with Gasteiger partial charge in [0.1, 0.15) is 5.82 Å². The maximum atomic E-state index is 11.6. The molecule has 0 aliphatic rings. The summed E-state index contributed by atoms with van der Waals surface area (Å²) in [6.45, 7) is 7.00. The van der Waals surface area contributed by atoms with Crippen LogP contribution in [0.5, 0.6) is 0 Å². The van der Waals surface area contributed by atoms with Crippen LogP contribution in [0.2, 0.25) is 0 Å². The third-order valence-corrected chi connectivity index (χ3v) is 2.85. The Bertz CT molecular complexity index is 345. The Hall–Kier alpha value is -1.32. The molecule has 0 spiro atoms. The SMILES string of the molecule is CCn1ccnc1CC(C(=O)OC)C(C)C. The Balaban J connectivity index is 2.79. The summed E-state index contributed by atoms with van der Waals surface area (Å²) in [5.74, 6) is 0.944. The van der Waals surface area contributed by atoms with Gasteiger partial charge in [-0.05, 0) is 12.8 Å². The minimum atomic E-state index is -0.152. The normalized spacial score (nSPS) is 12.8. The van der Waals surface area contributed by atoms with Gasteiger partial charge >= 0.3 is 5.97 Å². The van der Waals surface area contributed by atoms with Crippen molar-refractivity contribution in [1.29, 1.82) is 0 Å². The van der Waals surface area contributed by atoms with Gasteiger partial charge in [-0.1, -0.05) is 13.8 Å². The second kappa shape index (κ2) is 5.68. The van der Waals surface area contributed by atoms with Gasteiger partial charge in [0.05, 0.1) is 13.0 Å². The molecule has 1 unspecified atom stereocenters. The molecule has 0 N–H and O–H groups in total. The van der Waals surface area contributed by atoms with Crippen LogP contribution in [0.25, 0.3) is 0 Å². The van der Waals surface area contributed by atoms with Crippen LogP contribution >= 0.6 is 0 Å². The van der Waals surface area contributed by atoms with E-state index < -0.39 is 0 Å². The predicted molar refractivity (Wildman–Crippen MR) is 61.9 cm³/mol. The molecule has 1 rings (SSSR count). The van der Waals surface area contributed by atoms with E-state index >= 15 is 0 Å². The minimum Gasteiger partial charge on any atom is -0.469 e. The van der Waals surface area contributed by atoms with Gasteiger partial charge in [0.2, 0.25) is 0 Å². The molecular weight excluding hydrogens is 204 g/mol. The van der Waals surface area contributed by atoms with Crippen molar-refractivity contribution in [2.75, 3.05) is 7.11 Å². The summed E-state index contributed by atoms with van der Waals surface area (Å²) in [4.78, 5) is 15.9. The van der Waals surface area contributed by atoms with E-state index in [-0.39, 0.29) is 17.8 Å². The molecule has 0 amide bonds. The summed E-state index contributed by atoms with van der Waals surface area (Å²) in [6, 6.07) is 0. The number of rotatable bonds is 5. The zero-order valence-electron chi connectivity index (χ0n) is 10.4. The molecule has 1 heterocycles. The summed E-state index contributed by atoms with van der Waals surface area (Å²) in [5.41, 5.74) is 0. The van der Waals surface area contributed by atoms with Crippen LogP contribution < -0.4 is 0 Å². The Morgan fingerprint density at radius 2 is 2.25 bits per heavy atom. The van der Waals surface area contributed by atoms with Gasteiger partial charge in [-0.15, -0.1) is 0 Å². The number of hydrogen-bond acceptors (Lipinski definition) is 3. The number of nitrogens with zero attached hydrogens (tertiary/aromatic N) is 2. The van der Waals surface area contributed by atoms with Crippen LogP contribution in [-0.4, -0.2) is 22.6 Å². The molecule has 0 saturated heterocycles. The number of imidazole rings is 1. The molecule has 90 valence electrons. The number of esters is 1. The first kappa shape index (κ1) is 12.7. The lowest BCUT2D eigenvalue weighted by Crippen LogP contribution is -2.25. The van der Waals surface area contributed by atoms with E-state index in [1.807, 2.05) is 20.0 Å². The number of methoxy groups -OCH3 is 1. The molecule has 4 nitrogen and oxygen atoms in total. The van der Waals surface area contributed by atoms with E-state index in [1.54, 1.807) is 6.20 Å². The average Bonchev–Trinajstić information content (AvgIpc) is 2.71. The Labute approximate surface area is 96.6 Å². The molecule has 0 aromatic carbocycles. The maximum absolute atomic E-state index is 11.6. The molecule has 0 radical (unpaired) electrons. The number of carbonyl (C=O) groups is 1. The molecular formula is C12H20N2O2. The lowest BCUT2D eigenvalue weighted by molar-refractivity contribution is -0.147. The van der Waals surface area contributed by atoms with E-state index in [1.165, 1.54) is 7.11 Å². The van der Waals surface area contributed by atoms with Gasteiger partial charge < -0.3 is 9.30 Å². The predicted octanol–water partition coefficient (Wildman–Crippen LogP) is 1.89. The van der Waals surface area contributed by atoms with Crippen LogP contribution in [-0.2, 0) is 22.5 Å². The molecule has 1 aromatic rings. The smallest absolute Gasteiger partial charge is 0.309 e. The fourth-order valence-corrected chi connectivity index (χ4v) is 1.76. The van der Waals surface area contributed by atoms with Crippen molar-refractivity contribution in [2.24, 2.45) is 11.8 Å². The van der Waals surface area contributed by atoms with Crippen molar-refractivity contribution in [1.82, 2.24) is 9.55 Å². The van der Waals surface area contributed by atoms with Crippen molar-refractivity contribution in [3.8, 4) is 0 Å². The summed E-state index contributed by atoms with van der Waals surface area (Å²) in [6.07, 6.45) is 4.35. The van der Waals surface area contributed by atoms with Crippen LogP contribution in [0, 0.1) is 11.8 Å². The number of ether oxygens (including phenoxy) is 1. The molecule has 1 aromatic heterocycles. The number of aryl methyl sites for hydroxylation is 1. The molecule has 0 saturated carbocycles. The summed E-state index contributed by atoms with van der Waals surface area (Å²) >= 11 is 0. The van der Waals surface area contributed by atoms with E-state index in [9.17, 15) is 4.79 Å². The number of aromatic nitrogens is 2. The number of hydrogen-bond donors (Lipinski definition) is 0. The first-order valence-corrected chi connectivity index (χ1v) is 5.68. The molecule has 0 aliphatic heterocycles. The third-order valence-electron chi connectivity index (χ3n) is 2.85. The average molecular weight is 224 g/mol. The van der Waals surface area contributed by atoms with Crippen molar-refractivity contribution >= 4 is 5.97 Å². The van der Waals surface area contributed by atoms with Crippen molar-refractivity contribution < 1.29 is 9.53 Å². The van der Waals surface area contributed by atoms with Gasteiger partial charge in [0.15, 0.2) is 0 Å². The number of carbonyl (C=O) groups excluding carboxylic acids is 1. The second-order valence-electron chi connectivity index (χ2n) is 4.21. The monoisotopic (exact) mass is 224 g/mol. The standard InChI is InChI=1S/C12H20N2O2/c1-5-14-7-6-13-11(14)8-10(9(2)3)12(15)16-4/h6-7,9-10H,5,8H2,1-4H3. The van der Waals surface area contributed by atoms with Gasteiger partial charge in [0.25, 0.3) is 0 Å². The second-order valence-corrected chi connectivity index (χ2v) is 4.21. The van der Waals surface area contributed by atoms with Crippen LogP contribution in [0.3, 0.4) is 0 Å². The topological polar surface area (TPSA) is 44.1 Å². The molecule has 16 heavy (non-hydrogen) atoms. The highest BCUT2D eigenvalue weighted by Crippen LogP contribution is 2.18. The lowest BCUT2D eigenvalue weighted by atomic mass is 9.92. The highest BCUT2D eigenvalue weighted by atomic mass is 16.5. The van der Waals surface area contributed by atoms with Crippen LogP contribution in [0.4, 0.5) is 0 Å². The largest absolute Gasteiger partial charge is 0.469 e.